The number of ether oxygens (including phenoxy) is 3. The van der Waals surface area contributed by atoms with Gasteiger partial charge in [0, 0.05) is 5.02 Å². The van der Waals surface area contributed by atoms with Gasteiger partial charge in [0.15, 0.2) is 17.6 Å². The minimum Gasteiger partial charge on any atom is -0.493 e. The molecule has 0 heterocycles. The molecule has 1 N–H and O–H groups in total. The van der Waals surface area contributed by atoms with Crippen molar-refractivity contribution in [1.82, 2.24) is 5.32 Å². The zero-order chi connectivity index (χ0) is 20.0. The molecule has 0 aliphatic rings. The van der Waals surface area contributed by atoms with Crippen LogP contribution in [0.3, 0.4) is 0 Å². The molecule has 1 amide bonds. The van der Waals surface area contributed by atoms with Crippen LogP contribution in [0.1, 0.15) is 37.4 Å². The van der Waals surface area contributed by atoms with Crippen molar-refractivity contribution in [2.45, 2.75) is 39.3 Å². The van der Waals surface area contributed by atoms with Gasteiger partial charge in [-0.1, -0.05) is 24.6 Å². The third kappa shape index (κ3) is 5.30. The van der Waals surface area contributed by atoms with Crippen molar-refractivity contribution < 1.29 is 19.0 Å². The van der Waals surface area contributed by atoms with Crippen LogP contribution in [-0.4, -0.2) is 26.2 Å². The van der Waals surface area contributed by atoms with Crippen LogP contribution in [0.15, 0.2) is 36.4 Å². The number of carbonyl (C=O) groups excluding carboxylic acids is 1. The Hall–Kier alpha value is -2.40. The summed E-state index contributed by atoms with van der Waals surface area (Å²) in [6.45, 7) is 5.63. The van der Waals surface area contributed by atoms with Gasteiger partial charge in [-0.15, -0.1) is 0 Å². The summed E-state index contributed by atoms with van der Waals surface area (Å²) in [5, 5.41) is 3.70. The lowest BCUT2D eigenvalue weighted by Crippen LogP contribution is -2.38. The monoisotopic (exact) mass is 391 g/mol. The number of amides is 1. The highest BCUT2D eigenvalue weighted by Crippen LogP contribution is 2.31. The zero-order valence-electron chi connectivity index (χ0n) is 16.3. The molecule has 27 heavy (non-hydrogen) atoms. The van der Waals surface area contributed by atoms with Crippen molar-refractivity contribution in [3.8, 4) is 17.2 Å². The van der Waals surface area contributed by atoms with E-state index in [0.29, 0.717) is 22.3 Å². The van der Waals surface area contributed by atoms with Gasteiger partial charge in [0.25, 0.3) is 5.91 Å². The van der Waals surface area contributed by atoms with Crippen LogP contribution in [0.4, 0.5) is 0 Å². The van der Waals surface area contributed by atoms with E-state index < -0.39 is 6.10 Å². The summed E-state index contributed by atoms with van der Waals surface area (Å²) in [7, 11) is 3.18. The lowest BCUT2D eigenvalue weighted by Gasteiger charge is -2.22. The van der Waals surface area contributed by atoms with Crippen LogP contribution in [0.2, 0.25) is 5.02 Å². The molecule has 0 unspecified atom stereocenters. The highest BCUT2D eigenvalue weighted by molar-refractivity contribution is 6.31. The second-order valence-corrected chi connectivity index (χ2v) is 6.66. The van der Waals surface area contributed by atoms with E-state index in [9.17, 15) is 4.79 Å². The van der Waals surface area contributed by atoms with Gasteiger partial charge in [-0.2, -0.15) is 0 Å². The van der Waals surface area contributed by atoms with Gasteiger partial charge < -0.3 is 19.5 Å². The van der Waals surface area contributed by atoms with Crippen molar-refractivity contribution >= 4 is 17.5 Å². The summed E-state index contributed by atoms with van der Waals surface area (Å²) >= 11 is 6.03. The molecule has 0 aromatic heterocycles. The number of methoxy groups -OCH3 is 2. The Morgan fingerprint density at radius 2 is 1.81 bits per heavy atom. The highest BCUT2D eigenvalue weighted by Gasteiger charge is 2.20. The number of hydrogen-bond donors (Lipinski definition) is 1. The van der Waals surface area contributed by atoms with Crippen LogP contribution in [-0.2, 0) is 4.79 Å². The van der Waals surface area contributed by atoms with Crippen LogP contribution in [0.25, 0.3) is 0 Å². The maximum Gasteiger partial charge on any atom is 0.261 e. The summed E-state index contributed by atoms with van der Waals surface area (Å²) < 4.78 is 16.4. The zero-order valence-corrected chi connectivity index (χ0v) is 17.1. The van der Waals surface area contributed by atoms with Crippen molar-refractivity contribution in [3.63, 3.8) is 0 Å². The van der Waals surface area contributed by atoms with E-state index in [1.54, 1.807) is 33.3 Å². The Balaban J connectivity index is 2.08. The minimum absolute atomic E-state index is 0.157. The molecule has 0 bridgehead atoms. The van der Waals surface area contributed by atoms with E-state index in [-0.39, 0.29) is 11.9 Å². The van der Waals surface area contributed by atoms with Crippen LogP contribution < -0.4 is 19.5 Å². The smallest absolute Gasteiger partial charge is 0.261 e. The molecule has 0 fully saturated rings. The van der Waals surface area contributed by atoms with Gasteiger partial charge in [0.05, 0.1) is 20.3 Å². The van der Waals surface area contributed by atoms with Crippen LogP contribution >= 0.6 is 11.6 Å². The van der Waals surface area contributed by atoms with Crippen LogP contribution in [0.5, 0.6) is 17.2 Å². The van der Waals surface area contributed by atoms with Gasteiger partial charge in [0.2, 0.25) is 0 Å². The molecule has 0 radical (unpaired) electrons. The quantitative estimate of drug-likeness (QED) is 0.708. The molecule has 0 saturated heterocycles. The highest BCUT2D eigenvalue weighted by atomic mass is 35.5. The van der Waals surface area contributed by atoms with E-state index in [2.05, 4.69) is 5.32 Å². The van der Waals surface area contributed by atoms with E-state index in [1.165, 1.54) is 0 Å². The largest absolute Gasteiger partial charge is 0.493 e. The maximum absolute atomic E-state index is 12.6. The fourth-order valence-corrected chi connectivity index (χ4v) is 2.85. The van der Waals surface area contributed by atoms with Crippen molar-refractivity contribution in [2.75, 3.05) is 14.2 Å². The Morgan fingerprint density at radius 1 is 1.11 bits per heavy atom. The molecule has 2 rings (SSSR count). The van der Waals surface area contributed by atoms with Crippen LogP contribution in [0, 0.1) is 6.92 Å². The number of carbonyl (C=O) groups is 1. The third-order valence-electron chi connectivity index (χ3n) is 4.35. The Bertz CT molecular complexity index is 794. The number of rotatable bonds is 8. The van der Waals surface area contributed by atoms with Crippen molar-refractivity contribution in [3.05, 3.63) is 52.5 Å². The van der Waals surface area contributed by atoms with Crippen molar-refractivity contribution in [1.29, 1.82) is 0 Å². The average molecular weight is 392 g/mol. The summed E-state index contributed by atoms with van der Waals surface area (Å²) in [4.78, 5) is 12.6. The van der Waals surface area contributed by atoms with E-state index >= 15 is 0 Å². The Labute approximate surface area is 165 Å². The van der Waals surface area contributed by atoms with E-state index in [0.717, 1.165) is 17.5 Å². The minimum atomic E-state index is -0.639. The summed E-state index contributed by atoms with van der Waals surface area (Å²) in [6.07, 6.45) is 0.0911. The first-order chi connectivity index (χ1) is 12.9. The molecule has 146 valence electrons. The van der Waals surface area contributed by atoms with Gasteiger partial charge in [-0.25, -0.2) is 0 Å². The number of halogens is 1. The molecule has 6 heteroatoms. The number of aryl methyl sites for hydroxylation is 1. The first-order valence-corrected chi connectivity index (χ1v) is 9.22. The second kappa shape index (κ2) is 9.51. The standard InChI is InChI=1S/C21H26ClNO4/c1-6-18(15-7-10-19(25-4)20(12-15)26-5)23-21(24)14(3)27-16-8-9-17(22)13(2)11-16/h7-12,14,18H,6H2,1-5H3,(H,23,24)/t14-,18-/m1/s1. The molecule has 2 aromatic rings. The fraction of sp³-hybridized carbons (Fsp3) is 0.381. The molecular formula is C21H26ClNO4. The topological polar surface area (TPSA) is 56.8 Å². The van der Waals surface area contributed by atoms with E-state index in [4.69, 9.17) is 25.8 Å². The molecule has 5 nitrogen and oxygen atoms in total. The molecular weight excluding hydrogens is 366 g/mol. The number of nitrogens with one attached hydrogen (secondary N) is 1. The fourth-order valence-electron chi connectivity index (χ4n) is 2.73. The number of benzene rings is 2. The lowest BCUT2D eigenvalue weighted by atomic mass is 10.0. The first kappa shape index (κ1) is 20.9. The predicted molar refractivity (Wildman–Crippen MR) is 107 cm³/mol. The maximum atomic E-state index is 12.6. The molecule has 0 saturated carbocycles. The average Bonchev–Trinajstić information content (AvgIpc) is 2.68. The molecule has 2 atom stereocenters. The number of hydrogen-bond acceptors (Lipinski definition) is 4. The van der Waals surface area contributed by atoms with Gasteiger partial charge >= 0.3 is 0 Å². The summed E-state index contributed by atoms with van der Waals surface area (Å²) in [5.41, 5.74) is 1.84. The first-order valence-electron chi connectivity index (χ1n) is 8.84. The second-order valence-electron chi connectivity index (χ2n) is 6.25. The molecule has 0 spiro atoms. The van der Waals surface area contributed by atoms with Gasteiger partial charge in [-0.3, -0.25) is 4.79 Å². The summed E-state index contributed by atoms with van der Waals surface area (Å²) in [6, 6.07) is 10.8. The summed E-state index contributed by atoms with van der Waals surface area (Å²) in [5.74, 6) is 1.70. The normalized spacial score (nSPS) is 12.8. The molecule has 0 aliphatic heterocycles. The SMILES string of the molecule is CC[C@@H](NC(=O)[C@@H](C)Oc1ccc(Cl)c(C)c1)c1ccc(OC)c(OC)c1. The van der Waals surface area contributed by atoms with Crippen molar-refractivity contribution in [2.24, 2.45) is 0 Å². The predicted octanol–water partition coefficient (Wildman–Crippen LogP) is 4.70. The Morgan fingerprint density at radius 3 is 2.41 bits per heavy atom. The van der Waals surface area contributed by atoms with Gasteiger partial charge in [-0.05, 0) is 61.7 Å². The van der Waals surface area contributed by atoms with E-state index in [1.807, 2.05) is 38.1 Å². The Kier molecular flexibility index (Phi) is 7.36. The molecule has 2 aromatic carbocycles. The molecule has 0 aliphatic carbocycles. The lowest BCUT2D eigenvalue weighted by molar-refractivity contribution is -0.128. The van der Waals surface area contributed by atoms with Gasteiger partial charge in [0.1, 0.15) is 5.75 Å². The third-order valence-corrected chi connectivity index (χ3v) is 4.77.